The number of carbonyl (C=O) groups excluding carboxylic acids is 1. The predicted molar refractivity (Wildman–Crippen MR) is 97.6 cm³/mol. The van der Waals surface area contributed by atoms with Crippen LogP contribution in [0.1, 0.15) is 38.1 Å². The van der Waals surface area contributed by atoms with Gasteiger partial charge in [-0.15, -0.1) is 0 Å². The van der Waals surface area contributed by atoms with Gasteiger partial charge in [0.25, 0.3) is 5.91 Å². The zero-order chi connectivity index (χ0) is 17.5. The lowest BCUT2D eigenvalue weighted by molar-refractivity contribution is 0.0949. The van der Waals surface area contributed by atoms with E-state index in [-0.39, 0.29) is 12.0 Å². The van der Waals surface area contributed by atoms with Gasteiger partial charge >= 0.3 is 0 Å². The predicted octanol–water partition coefficient (Wildman–Crippen LogP) is 3.09. The number of nitrogens with one attached hydrogen (secondary N) is 1. The summed E-state index contributed by atoms with van der Waals surface area (Å²) in [5, 5.41) is 3.85. The van der Waals surface area contributed by atoms with Crippen molar-refractivity contribution in [3.63, 3.8) is 0 Å². The van der Waals surface area contributed by atoms with E-state index in [0.717, 1.165) is 30.5 Å². The van der Waals surface area contributed by atoms with Gasteiger partial charge in [0, 0.05) is 24.5 Å². The molecule has 0 spiro atoms. The zero-order valence-corrected chi connectivity index (χ0v) is 15.0. The van der Waals surface area contributed by atoms with Crippen molar-refractivity contribution >= 4 is 16.8 Å². The number of likely N-dealkylation sites (N-methyl/N-ethyl adjacent to an activating group) is 1. The fourth-order valence-corrected chi connectivity index (χ4v) is 2.60. The van der Waals surface area contributed by atoms with E-state index in [2.05, 4.69) is 29.0 Å². The first-order valence-electron chi connectivity index (χ1n) is 8.62. The van der Waals surface area contributed by atoms with Gasteiger partial charge in [0.05, 0.1) is 17.2 Å². The molecule has 1 aromatic heterocycles. The molecule has 1 heterocycles. The molecular formula is C19H27N3O2. The second-order valence-corrected chi connectivity index (χ2v) is 5.97. The lowest BCUT2D eigenvalue weighted by Gasteiger charge is -2.18. The van der Waals surface area contributed by atoms with Gasteiger partial charge in [-0.05, 0) is 33.0 Å². The van der Waals surface area contributed by atoms with Crippen LogP contribution in [0.2, 0.25) is 0 Å². The highest BCUT2D eigenvalue weighted by Crippen LogP contribution is 2.22. The van der Waals surface area contributed by atoms with Crippen molar-refractivity contribution in [2.24, 2.45) is 0 Å². The minimum atomic E-state index is -0.0886. The lowest BCUT2D eigenvalue weighted by Crippen LogP contribution is -2.34. The maximum atomic E-state index is 12.6. The molecule has 0 aliphatic heterocycles. The normalized spacial score (nSPS) is 11.2. The molecule has 2 rings (SSSR count). The Morgan fingerprint density at radius 1 is 1.25 bits per heavy atom. The van der Waals surface area contributed by atoms with Gasteiger partial charge in [-0.25, -0.2) is 4.98 Å². The highest BCUT2D eigenvalue weighted by molar-refractivity contribution is 6.06. The zero-order valence-electron chi connectivity index (χ0n) is 15.0. The van der Waals surface area contributed by atoms with E-state index >= 15 is 0 Å². The Kier molecular flexibility index (Phi) is 6.55. The summed E-state index contributed by atoms with van der Waals surface area (Å²) in [6.45, 7) is 11.6. The lowest BCUT2D eigenvalue weighted by atomic mass is 10.1. The average Bonchev–Trinajstić information content (AvgIpc) is 2.57. The van der Waals surface area contributed by atoms with Crippen LogP contribution in [0.15, 0.2) is 30.3 Å². The summed E-state index contributed by atoms with van der Waals surface area (Å²) < 4.78 is 5.69. The second-order valence-electron chi connectivity index (χ2n) is 5.97. The second kappa shape index (κ2) is 8.64. The Labute approximate surface area is 144 Å². The van der Waals surface area contributed by atoms with Gasteiger partial charge in [0.1, 0.15) is 0 Å². The van der Waals surface area contributed by atoms with Gasteiger partial charge in [-0.3, -0.25) is 4.79 Å². The Hall–Kier alpha value is -2.14. The topological polar surface area (TPSA) is 54.5 Å². The first-order chi connectivity index (χ1) is 11.5. The third-order valence-electron chi connectivity index (χ3n) is 3.90. The SMILES string of the molecule is CCN(CC)CCNC(=O)c1cc(OC(C)C)nc2ccccc12. The molecular weight excluding hydrogens is 302 g/mol. The maximum Gasteiger partial charge on any atom is 0.252 e. The number of para-hydroxylation sites is 1. The van der Waals surface area contributed by atoms with Gasteiger partial charge in [-0.2, -0.15) is 0 Å². The number of nitrogens with zero attached hydrogens (tertiary/aromatic N) is 2. The minimum absolute atomic E-state index is 0.0113. The minimum Gasteiger partial charge on any atom is -0.475 e. The fraction of sp³-hybridized carbons (Fsp3) is 0.474. The Balaban J connectivity index is 2.20. The number of rotatable bonds is 8. The Morgan fingerprint density at radius 3 is 2.62 bits per heavy atom. The van der Waals surface area contributed by atoms with Crippen LogP contribution in [0.3, 0.4) is 0 Å². The summed E-state index contributed by atoms with van der Waals surface area (Å²) in [6.07, 6.45) is 0.0113. The van der Waals surface area contributed by atoms with E-state index in [1.165, 1.54) is 0 Å². The molecule has 1 N–H and O–H groups in total. The molecule has 0 radical (unpaired) electrons. The highest BCUT2D eigenvalue weighted by atomic mass is 16.5. The van der Waals surface area contributed by atoms with E-state index in [0.29, 0.717) is 18.0 Å². The van der Waals surface area contributed by atoms with E-state index < -0.39 is 0 Å². The van der Waals surface area contributed by atoms with Crippen LogP contribution in [0.4, 0.5) is 0 Å². The van der Waals surface area contributed by atoms with E-state index in [1.54, 1.807) is 6.07 Å². The summed E-state index contributed by atoms with van der Waals surface area (Å²) >= 11 is 0. The molecule has 0 bridgehead atoms. The molecule has 0 atom stereocenters. The molecule has 0 fully saturated rings. The van der Waals surface area contributed by atoms with Crippen LogP contribution in [0, 0.1) is 0 Å². The molecule has 0 aliphatic rings. The summed E-state index contributed by atoms with van der Waals surface area (Å²) in [6, 6.07) is 9.38. The number of hydrogen-bond acceptors (Lipinski definition) is 4. The molecule has 0 unspecified atom stereocenters. The van der Waals surface area contributed by atoms with E-state index in [1.807, 2.05) is 38.1 Å². The number of amides is 1. The molecule has 2 aromatic rings. The number of fused-ring (bicyclic) bond motifs is 1. The summed E-state index contributed by atoms with van der Waals surface area (Å²) in [5.41, 5.74) is 1.38. The van der Waals surface area contributed by atoms with Gasteiger partial charge < -0.3 is 15.0 Å². The van der Waals surface area contributed by atoms with Crippen molar-refractivity contribution in [1.29, 1.82) is 0 Å². The molecule has 5 nitrogen and oxygen atoms in total. The quantitative estimate of drug-likeness (QED) is 0.808. The van der Waals surface area contributed by atoms with Crippen LogP contribution in [0.5, 0.6) is 5.88 Å². The smallest absolute Gasteiger partial charge is 0.252 e. The summed E-state index contributed by atoms with van der Waals surface area (Å²) in [7, 11) is 0. The number of ether oxygens (including phenoxy) is 1. The Bertz CT molecular complexity index is 681. The number of aromatic nitrogens is 1. The van der Waals surface area contributed by atoms with Crippen molar-refractivity contribution < 1.29 is 9.53 Å². The molecule has 0 aliphatic carbocycles. The third-order valence-corrected chi connectivity index (χ3v) is 3.90. The summed E-state index contributed by atoms with van der Waals surface area (Å²) in [5.74, 6) is 0.395. The van der Waals surface area contributed by atoms with Crippen molar-refractivity contribution in [1.82, 2.24) is 15.2 Å². The number of pyridine rings is 1. The van der Waals surface area contributed by atoms with Crippen molar-refractivity contribution in [2.75, 3.05) is 26.2 Å². The van der Waals surface area contributed by atoms with Crippen LogP contribution < -0.4 is 10.1 Å². The van der Waals surface area contributed by atoms with Gasteiger partial charge in [0.2, 0.25) is 5.88 Å². The van der Waals surface area contributed by atoms with E-state index in [4.69, 9.17) is 4.74 Å². The van der Waals surface area contributed by atoms with Crippen molar-refractivity contribution in [2.45, 2.75) is 33.8 Å². The molecule has 130 valence electrons. The number of benzene rings is 1. The summed E-state index contributed by atoms with van der Waals surface area (Å²) in [4.78, 5) is 19.4. The largest absolute Gasteiger partial charge is 0.475 e. The molecule has 5 heteroatoms. The van der Waals surface area contributed by atoms with Crippen LogP contribution in [-0.2, 0) is 0 Å². The highest BCUT2D eigenvalue weighted by Gasteiger charge is 2.14. The monoisotopic (exact) mass is 329 g/mol. The number of hydrogen-bond donors (Lipinski definition) is 1. The number of carbonyl (C=O) groups is 1. The van der Waals surface area contributed by atoms with Crippen molar-refractivity contribution in [3.8, 4) is 5.88 Å². The van der Waals surface area contributed by atoms with E-state index in [9.17, 15) is 4.79 Å². The van der Waals surface area contributed by atoms with Gasteiger partial charge in [-0.1, -0.05) is 32.0 Å². The van der Waals surface area contributed by atoms with Gasteiger partial charge in [0.15, 0.2) is 0 Å². The van der Waals surface area contributed by atoms with Crippen LogP contribution in [0.25, 0.3) is 10.9 Å². The third kappa shape index (κ3) is 4.68. The molecule has 1 amide bonds. The standard InChI is InChI=1S/C19H27N3O2/c1-5-22(6-2)12-11-20-19(23)16-13-18(24-14(3)4)21-17-10-8-7-9-15(16)17/h7-10,13-14H,5-6,11-12H2,1-4H3,(H,20,23). The molecule has 24 heavy (non-hydrogen) atoms. The average molecular weight is 329 g/mol. The Morgan fingerprint density at radius 2 is 1.96 bits per heavy atom. The molecule has 0 saturated heterocycles. The van der Waals surface area contributed by atoms with Crippen LogP contribution >= 0.6 is 0 Å². The first kappa shape index (κ1) is 18.2. The first-order valence-corrected chi connectivity index (χ1v) is 8.62. The fourth-order valence-electron chi connectivity index (χ4n) is 2.60. The maximum absolute atomic E-state index is 12.6. The van der Waals surface area contributed by atoms with Crippen LogP contribution in [-0.4, -0.2) is 48.1 Å². The molecule has 1 aromatic carbocycles. The molecule has 0 saturated carbocycles. The van der Waals surface area contributed by atoms with Crippen molar-refractivity contribution in [3.05, 3.63) is 35.9 Å².